The van der Waals surface area contributed by atoms with Crippen LogP contribution in [0.15, 0.2) is 0 Å². The zero-order valence-electron chi connectivity index (χ0n) is 9.91. The molecule has 86 valence electrons. The molecule has 0 spiro atoms. The third-order valence-electron chi connectivity index (χ3n) is 3.59. The Bertz CT molecular complexity index is 207. The Kier molecular flexibility index (Phi) is 5.75. The maximum atomic E-state index is 5.85. The van der Waals surface area contributed by atoms with Crippen LogP contribution in [0.3, 0.4) is 0 Å². The molecule has 2 heteroatoms. The first kappa shape index (κ1) is 12.5. The monoisotopic (exact) mass is 208 g/mol. The molecule has 0 saturated heterocycles. The Morgan fingerprint density at radius 1 is 1.40 bits per heavy atom. The quantitative estimate of drug-likeness (QED) is 0.699. The van der Waals surface area contributed by atoms with Crippen LogP contribution in [-0.2, 0) is 0 Å². The molecule has 0 aromatic carbocycles. The summed E-state index contributed by atoms with van der Waals surface area (Å²) in [6.07, 6.45) is 11.5. The number of hydrogen-bond donors (Lipinski definition) is 1. The fourth-order valence-electron chi connectivity index (χ4n) is 2.71. The molecule has 0 heterocycles. The topological polar surface area (TPSA) is 29.3 Å². The third kappa shape index (κ3) is 3.52. The van der Waals surface area contributed by atoms with Gasteiger partial charge in [-0.1, -0.05) is 19.8 Å². The van der Waals surface area contributed by atoms with E-state index in [0.717, 1.165) is 26.1 Å². The van der Waals surface area contributed by atoms with Crippen molar-refractivity contribution in [1.82, 2.24) is 4.90 Å². The highest BCUT2D eigenvalue weighted by atomic mass is 15.2. The molecule has 15 heavy (non-hydrogen) atoms. The SMILES string of the molecule is C#CCCN(CC)C1CCCCC1CN. The highest BCUT2D eigenvalue weighted by Crippen LogP contribution is 2.27. The Morgan fingerprint density at radius 2 is 2.13 bits per heavy atom. The fourth-order valence-corrected chi connectivity index (χ4v) is 2.71. The molecule has 0 aromatic heterocycles. The first-order valence-electron chi connectivity index (χ1n) is 6.21. The van der Waals surface area contributed by atoms with Crippen LogP contribution >= 0.6 is 0 Å². The van der Waals surface area contributed by atoms with E-state index in [1.54, 1.807) is 0 Å². The number of nitrogens with zero attached hydrogens (tertiary/aromatic N) is 1. The molecular formula is C13H24N2. The van der Waals surface area contributed by atoms with E-state index < -0.39 is 0 Å². The van der Waals surface area contributed by atoms with E-state index in [1.165, 1.54) is 25.7 Å². The summed E-state index contributed by atoms with van der Waals surface area (Å²) in [5, 5.41) is 0. The average Bonchev–Trinajstić information content (AvgIpc) is 2.30. The van der Waals surface area contributed by atoms with Crippen LogP contribution < -0.4 is 5.73 Å². The van der Waals surface area contributed by atoms with Crippen molar-refractivity contribution in [3.8, 4) is 12.3 Å². The van der Waals surface area contributed by atoms with Crippen LogP contribution in [0, 0.1) is 18.3 Å². The molecule has 0 amide bonds. The molecule has 2 atom stereocenters. The normalized spacial score (nSPS) is 26.5. The van der Waals surface area contributed by atoms with Crippen LogP contribution in [-0.4, -0.2) is 30.6 Å². The molecule has 0 radical (unpaired) electrons. The van der Waals surface area contributed by atoms with E-state index in [-0.39, 0.29) is 0 Å². The van der Waals surface area contributed by atoms with Crippen molar-refractivity contribution >= 4 is 0 Å². The molecule has 0 aliphatic heterocycles. The Hall–Kier alpha value is -0.520. The van der Waals surface area contributed by atoms with E-state index in [9.17, 15) is 0 Å². The van der Waals surface area contributed by atoms with Crippen LogP contribution in [0.1, 0.15) is 39.0 Å². The third-order valence-corrected chi connectivity index (χ3v) is 3.59. The molecule has 1 rings (SSSR count). The van der Waals surface area contributed by atoms with Crippen LogP contribution in [0.2, 0.25) is 0 Å². The van der Waals surface area contributed by atoms with E-state index in [2.05, 4.69) is 17.7 Å². The summed E-state index contributed by atoms with van der Waals surface area (Å²) in [4.78, 5) is 2.52. The van der Waals surface area contributed by atoms with Gasteiger partial charge in [0, 0.05) is 19.0 Å². The Morgan fingerprint density at radius 3 is 2.73 bits per heavy atom. The molecule has 1 aliphatic carbocycles. The smallest absolute Gasteiger partial charge is 0.0214 e. The van der Waals surface area contributed by atoms with Gasteiger partial charge in [-0.3, -0.25) is 4.90 Å². The minimum Gasteiger partial charge on any atom is -0.330 e. The predicted molar refractivity (Wildman–Crippen MR) is 65.5 cm³/mol. The zero-order chi connectivity index (χ0) is 11.1. The van der Waals surface area contributed by atoms with Crippen LogP contribution in [0.5, 0.6) is 0 Å². The number of rotatable bonds is 5. The Labute approximate surface area is 94.2 Å². The molecule has 2 N–H and O–H groups in total. The lowest BCUT2D eigenvalue weighted by Gasteiger charge is -2.39. The van der Waals surface area contributed by atoms with Crippen molar-refractivity contribution in [3.63, 3.8) is 0 Å². The van der Waals surface area contributed by atoms with E-state index in [4.69, 9.17) is 12.2 Å². The lowest BCUT2D eigenvalue weighted by atomic mass is 9.83. The predicted octanol–water partition coefficient (Wildman–Crippen LogP) is 1.85. The van der Waals surface area contributed by atoms with Crippen molar-refractivity contribution in [3.05, 3.63) is 0 Å². The van der Waals surface area contributed by atoms with Gasteiger partial charge in [-0.15, -0.1) is 12.3 Å². The molecule has 2 unspecified atom stereocenters. The van der Waals surface area contributed by atoms with Crippen molar-refractivity contribution in [2.45, 2.75) is 45.1 Å². The molecule has 0 bridgehead atoms. The molecule has 1 aliphatic rings. The largest absolute Gasteiger partial charge is 0.330 e. The van der Waals surface area contributed by atoms with E-state index >= 15 is 0 Å². The highest BCUT2D eigenvalue weighted by Gasteiger charge is 2.27. The summed E-state index contributed by atoms with van der Waals surface area (Å²) in [5.74, 6) is 3.42. The first-order chi connectivity index (χ1) is 7.33. The van der Waals surface area contributed by atoms with Gasteiger partial charge in [0.2, 0.25) is 0 Å². The maximum Gasteiger partial charge on any atom is 0.0214 e. The second-order valence-electron chi connectivity index (χ2n) is 4.43. The minimum absolute atomic E-state index is 0.682. The second-order valence-corrected chi connectivity index (χ2v) is 4.43. The number of terminal acetylenes is 1. The number of hydrogen-bond acceptors (Lipinski definition) is 2. The summed E-state index contributed by atoms with van der Waals surface area (Å²) in [7, 11) is 0. The second kappa shape index (κ2) is 6.87. The summed E-state index contributed by atoms with van der Waals surface area (Å²) in [6, 6.07) is 0.682. The van der Waals surface area contributed by atoms with E-state index in [0.29, 0.717) is 12.0 Å². The Balaban J connectivity index is 2.51. The zero-order valence-corrected chi connectivity index (χ0v) is 9.91. The van der Waals surface area contributed by atoms with Gasteiger partial charge in [-0.2, -0.15) is 0 Å². The molecule has 1 saturated carbocycles. The molecule has 1 fully saturated rings. The summed E-state index contributed by atoms with van der Waals surface area (Å²) in [6.45, 7) is 5.19. The van der Waals surface area contributed by atoms with Gasteiger partial charge >= 0.3 is 0 Å². The summed E-state index contributed by atoms with van der Waals surface area (Å²) >= 11 is 0. The van der Waals surface area contributed by atoms with Gasteiger partial charge in [0.25, 0.3) is 0 Å². The first-order valence-corrected chi connectivity index (χ1v) is 6.21. The maximum absolute atomic E-state index is 5.85. The van der Waals surface area contributed by atoms with Crippen molar-refractivity contribution in [2.24, 2.45) is 11.7 Å². The lowest BCUT2D eigenvalue weighted by Crippen LogP contribution is -2.45. The standard InChI is InChI=1S/C13H24N2/c1-3-5-10-15(4-2)13-9-7-6-8-12(13)11-14/h1,12-13H,4-11,14H2,2H3. The molecular weight excluding hydrogens is 184 g/mol. The van der Waals surface area contributed by atoms with Gasteiger partial charge in [0.1, 0.15) is 0 Å². The van der Waals surface area contributed by atoms with Gasteiger partial charge in [0.05, 0.1) is 0 Å². The molecule has 0 aromatic rings. The van der Waals surface area contributed by atoms with Crippen LogP contribution in [0.25, 0.3) is 0 Å². The van der Waals surface area contributed by atoms with Gasteiger partial charge in [-0.05, 0) is 31.8 Å². The van der Waals surface area contributed by atoms with Gasteiger partial charge in [0.15, 0.2) is 0 Å². The van der Waals surface area contributed by atoms with Gasteiger partial charge in [-0.25, -0.2) is 0 Å². The van der Waals surface area contributed by atoms with Crippen molar-refractivity contribution in [2.75, 3.05) is 19.6 Å². The minimum atomic E-state index is 0.682. The van der Waals surface area contributed by atoms with E-state index in [1.807, 2.05) is 0 Å². The fraction of sp³-hybridized carbons (Fsp3) is 0.846. The highest BCUT2D eigenvalue weighted by molar-refractivity contribution is 4.88. The summed E-state index contributed by atoms with van der Waals surface area (Å²) in [5.41, 5.74) is 5.85. The van der Waals surface area contributed by atoms with Crippen LogP contribution in [0.4, 0.5) is 0 Å². The van der Waals surface area contributed by atoms with Crippen molar-refractivity contribution in [1.29, 1.82) is 0 Å². The summed E-state index contributed by atoms with van der Waals surface area (Å²) < 4.78 is 0. The van der Waals surface area contributed by atoms with Gasteiger partial charge < -0.3 is 5.73 Å². The lowest BCUT2D eigenvalue weighted by molar-refractivity contribution is 0.115. The average molecular weight is 208 g/mol. The van der Waals surface area contributed by atoms with Crippen molar-refractivity contribution < 1.29 is 0 Å². The molecule has 2 nitrogen and oxygen atoms in total. The number of nitrogens with two attached hydrogens (primary N) is 1.